The lowest BCUT2D eigenvalue weighted by Crippen LogP contribution is -2.27. The predicted octanol–water partition coefficient (Wildman–Crippen LogP) is 2.39. The number of para-hydroxylation sites is 1. The van der Waals surface area contributed by atoms with E-state index in [1.165, 1.54) is 18.4 Å². The molecule has 20 heavy (non-hydrogen) atoms. The molecule has 1 aliphatic rings. The fraction of sp³-hybridized carbons (Fsp3) is 0.438. The monoisotopic (exact) mass is 271 g/mol. The van der Waals surface area contributed by atoms with Gasteiger partial charge in [0.1, 0.15) is 0 Å². The molecule has 2 aromatic rings. The van der Waals surface area contributed by atoms with Crippen LogP contribution in [0, 0.1) is 5.92 Å². The van der Waals surface area contributed by atoms with Crippen molar-refractivity contribution in [2.24, 2.45) is 5.92 Å². The summed E-state index contributed by atoms with van der Waals surface area (Å²) in [5.41, 5.74) is 2.43. The summed E-state index contributed by atoms with van der Waals surface area (Å²) in [5.74, 6) is 0.751. The van der Waals surface area contributed by atoms with Crippen LogP contribution in [0.25, 0.3) is 5.69 Å². The molecule has 1 fully saturated rings. The highest BCUT2D eigenvalue weighted by atomic mass is 16.5. The van der Waals surface area contributed by atoms with Crippen LogP contribution in [0.5, 0.6) is 0 Å². The van der Waals surface area contributed by atoms with Crippen molar-refractivity contribution in [2.45, 2.75) is 19.4 Å². The second kappa shape index (κ2) is 6.68. The molecule has 0 unspecified atom stereocenters. The van der Waals surface area contributed by atoms with Gasteiger partial charge in [-0.2, -0.15) is 5.10 Å². The Bertz CT molecular complexity index is 518. The van der Waals surface area contributed by atoms with Crippen LogP contribution in [0.4, 0.5) is 0 Å². The van der Waals surface area contributed by atoms with Crippen molar-refractivity contribution in [1.82, 2.24) is 15.1 Å². The molecule has 1 aromatic carbocycles. The zero-order chi connectivity index (χ0) is 13.6. The molecule has 0 spiro atoms. The van der Waals surface area contributed by atoms with Crippen LogP contribution in [-0.2, 0) is 11.3 Å². The van der Waals surface area contributed by atoms with Gasteiger partial charge in [-0.1, -0.05) is 18.2 Å². The molecule has 0 saturated carbocycles. The average molecular weight is 271 g/mol. The first-order valence-electron chi connectivity index (χ1n) is 7.30. The maximum absolute atomic E-state index is 5.39. The fourth-order valence-electron chi connectivity index (χ4n) is 2.66. The van der Waals surface area contributed by atoms with Gasteiger partial charge in [-0.3, -0.25) is 0 Å². The van der Waals surface area contributed by atoms with E-state index in [0.29, 0.717) is 0 Å². The van der Waals surface area contributed by atoms with E-state index in [9.17, 15) is 0 Å². The standard InChI is InChI=1S/C16H21N3O/c1-2-5-16(19-9-3-8-18-19)15(4-1)13-17-12-14-6-10-20-11-7-14/h1-5,8-9,14,17H,6-7,10-13H2. The highest BCUT2D eigenvalue weighted by Gasteiger charge is 2.13. The number of rotatable bonds is 5. The smallest absolute Gasteiger partial charge is 0.0690 e. The molecule has 0 aliphatic carbocycles. The summed E-state index contributed by atoms with van der Waals surface area (Å²) in [6, 6.07) is 10.4. The molecular weight excluding hydrogens is 250 g/mol. The van der Waals surface area contributed by atoms with E-state index >= 15 is 0 Å². The lowest BCUT2D eigenvalue weighted by atomic mass is 10.0. The number of aromatic nitrogens is 2. The maximum atomic E-state index is 5.39. The molecule has 0 bridgehead atoms. The Morgan fingerprint density at radius 2 is 2.05 bits per heavy atom. The number of hydrogen-bond donors (Lipinski definition) is 1. The molecule has 3 rings (SSSR count). The molecule has 4 nitrogen and oxygen atoms in total. The number of ether oxygens (including phenoxy) is 1. The Labute approximate surface area is 119 Å². The topological polar surface area (TPSA) is 39.1 Å². The van der Waals surface area contributed by atoms with Crippen LogP contribution in [0.3, 0.4) is 0 Å². The second-order valence-corrected chi connectivity index (χ2v) is 5.27. The van der Waals surface area contributed by atoms with Crippen molar-refractivity contribution in [1.29, 1.82) is 0 Å². The summed E-state index contributed by atoms with van der Waals surface area (Å²) < 4.78 is 7.32. The molecule has 1 aliphatic heterocycles. The van der Waals surface area contributed by atoms with E-state index in [-0.39, 0.29) is 0 Å². The van der Waals surface area contributed by atoms with Crippen LogP contribution in [-0.4, -0.2) is 29.5 Å². The van der Waals surface area contributed by atoms with Crippen molar-refractivity contribution in [3.8, 4) is 5.69 Å². The number of nitrogens with zero attached hydrogens (tertiary/aromatic N) is 2. The van der Waals surface area contributed by atoms with E-state index in [2.05, 4.69) is 34.7 Å². The van der Waals surface area contributed by atoms with Gasteiger partial charge in [0.15, 0.2) is 0 Å². The van der Waals surface area contributed by atoms with Crippen LogP contribution in [0.2, 0.25) is 0 Å². The lowest BCUT2D eigenvalue weighted by Gasteiger charge is -2.22. The zero-order valence-electron chi connectivity index (χ0n) is 11.7. The first kappa shape index (κ1) is 13.3. The van der Waals surface area contributed by atoms with E-state index in [1.54, 1.807) is 0 Å². The van der Waals surface area contributed by atoms with Crippen LogP contribution < -0.4 is 5.32 Å². The van der Waals surface area contributed by atoms with Crippen molar-refractivity contribution >= 4 is 0 Å². The van der Waals surface area contributed by atoms with Gasteiger partial charge >= 0.3 is 0 Å². The molecule has 1 N–H and O–H groups in total. The van der Waals surface area contributed by atoms with Gasteiger partial charge in [0, 0.05) is 32.2 Å². The molecule has 2 heterocycles. The number of nitrogens with one attached hydrogen (secondary N) is 1. The third-order valence-electron chi connectivity index (χ3n) is 3.83. The predicted molar refractivity (Wildman–Crippen MR) is 78.8 cm³/mol. The molecule has 1 aromatic heterocycles. The van der Waals surface area contributed by atoms with E-state index in [0.717, 1.165) is 37.9 Å². The van der Waals surface area contributed by atoms with Crippen molar-refractivity contribution in [3.05, 3.63) is 48.3 Å². The van der Waals surface area contributed by atoms with E-state index < -0.39 is 0 Å². The van der Waals surface area contributed by atoms with Crippen molar-refractivity contribution in [2.75, 3.05) is 19.8 Å². The average Bonchev–Trinajstić information content (AvgIpc) is 3.03. The Morgan fingerprint density at radius 1 is 1.20 bits per heavy atom. The quantitative estimate of drug-likeness (QED) is 0.907. The molecular formula is C16H21N3O. The number of benzene rings is 1. The van der Waals surface area contributed by atoms with E-state index in [4.69, 9.17) is 4.74 Å². The van der Waals surface area contributed by atoms with Gasteiger partial charge in [0.25, 0.3) is 0 Å². The Balaban J connectivity index is 1.60. The molecule has 0 amide bonds. The molecule has 4 heteroatoms. The van der Waals surface area contributed by atoms with Gasteiger partial charge in [0.2, 0.25) is 0 Å². The Kier molecular flexibility index (Phi) is 4.46. The first-order valence-corrected chi connectivity index (χ1v) is 7.30. The molecule has 106 valence electrons. The molecule has 0 radical (unpaired) electrons. The molecule has 0 atom stereocenters. The summed E-state index contributed by atoms with van der Waals surface area (Å²) in [7, 11) is 0. The third kappa shape index (κ3) is 3.26. The van der Waals surface area contributed by atoms with Crippen molar-refractivity contribution < 1.29 is 4.74 Å². The van der Waals surface area contributed by atoms with Crippen LogP contribution in [0.15, 0.2) is 42.7 Å². The summed E-state index contributed by atoms with van der Waals surface area (Å²) in [4.78, 5) is 0. The maximum Gasteiger partial charge on any atom is 0.0690 e. The minimum absolute atomic E-state index is 0.751. The van der Waals surface area contributed by atoms with Crippen molar-refractivity contribution in [3.63, 3.8) is 0 Å². The normalized spacial score (nSPS) is 16.4. The largest absolute Gasteiger partial charge is 0.381 e. The Hall–Kier alpha value is -1.65. The fourth-order valence-corrected chi connectivity index (χ4v) is 2.66. The summed E-state index contributed by atoms with van der Waals surface area (Å²) in [6.45, 7) is 3.77. The SMILES string of the molecule is c1ccc(-n2cccn2)c(CNCC2CCOCC2)c1. The minimum atomic E-state index is 0.751. The highest BCUT2D eigenvalue weighted by Crippen LogP contribution is 2.15. The van der Waals surface area contributed by atoms with Gasteiger partial charge in [0.05, 0.1) is 5.69 Å². The van der Waals surface area contributed by atoms with Gasteiger partial charge < -0.3 is 10.1 Å². The minimum Gasteiger partial charge on any atom is -0.381 e. The van der Waals surface area contributed by atoms with Gasteiger partial charge in [-0.25, -0.2) is 4.68 Å². The van der Waals surface area contributed by atoms with Crippen LogP contribution >= 0.6 is 0 Å². The summed E-state index contributed by atoms with van der Waals surface area (Å²) >= 11 is 0. The van der Waals surface area contributed by atoms with Crippen LogP contribution in [0.1, 0.15) is 18.4 Å². The molecule has 1 saturated heterocycles. The summed E-state index contributed by atoms with van der Waals surface area (Å²) in [5, 5.41) is 7.89. The zero-order valence-corrected chi connectivity index (χ0v) is 11.7. The Morgan fingerprint density at radius 3 is 2.85 bits per heavy atom. The first-order chi connectivity index (χ1) is 9.93. The number of hydrogen-bond acceptors (Lipinski definition) is 3. The summed E-state index contributed by atoms with van der Waals surface area (Å²) in [6.07, 6.45) is 6.14. The van der Waals surface area contributed by atoms with Gasteiger partial charge in [-0.05, 0) is 43.0 Å². The lowest BCUT2D eigenvalue weighted by molar-refractivity contribution is 0.0662. The highest BCUT2D eigenvalue weighted by molar-refractivity contribution is 5.40. The van der Waals surface area contributed by atoms with Gasteiger partial charge in [-0.15, -0.1) is 0 Å². The third-order valence-corrected chi connectivity index (χ3v) is 3.83. The second-order valence-electron chi connectivity index (χ2n) is 5.27. The van der Waals surface area contributed by atoms with E-state index in [1.807, 2.05) is 23.1 Å².